The van der Waals surface area contributed by atoms with Gasteiger partial charge < -0.3 is 22.8 Å². The number of para-hydroxylation sites is 9. The first kappa shape index (κ1) is 55.8. The van der Waals surface area contributed by atoms with Gasteiger partial charge in [0.05, 0.1) is 92.8 Å². The van der Waals surface area contributed by atoms with Gasteiger partial charge in [-0.05, 0) is 132 Å². The van der Waals surface area contributed by atoms with E-state index >= 15 is 0 Å². The molecule has 0 unspecified atom stereocenters. The smallest absolute Gasteiger partial charge is 0.189 e. The Bertz CT molecular complexity index is 6550. The van der Waals surface area contributed by atoms with Crippen LogP contribution in [0.2, 0.25) is 0 Å². The average Bonchev–Trinajstić information content (AvgIpc) is 1.62. The Hall–Kier alpha value is -14.0. The number of hydrogen-bond donors (Lipinski definition) is 0. The van der Waals surface area contributed by atoms with Crippen LogP contribution in [-0.4, -0.2) is 22.8 Å². The van der Waals surface area contributed by atoms with Crippen LogP contribution >= 0.6 is 0 Å². The van der Waals surface area contributed by atoms with Crippen molar-refractivity contribution in [3.63, 3.8) is 0 Å². The minimum atomic E-state index is 0.552. The molecule has 0 aliphatic heterocycles. The van der Waals surface area contributed by atoms with Crippen molar-refractivity contribution in [1.82, 2.24) is 22.8 Å². The lowest BCUT2D eigenvalue weighted by atomic mass is 10.00. The molecule has 0 N–H and O–H groups in total. The predicted octanol–water partition coefficient (Wildman–Crippen LogP) is 24.4. The molecule has 0 spiro atoms. The summed E-state index contributed by atoms with van der Waals surface area (Å²) in [6, 6.07) is 107. The van der Waals surface area contributed by atoms with E-state index in [-0.39, 0.29) is 0 Å². The Labute approximate surface area is 557 Å². The molecule has 0 aliphatic carbocycles. The molecule has 0 atom stereocenters. The molecule has 19 rings (SSSR count). The highest BCUT2D eigenvalue weighted by molar-refractivity contribution is 6.15. The van der Waals surface area contributed by atoms with Gasteiger partial charge in [-0.3, -0.25) is 0 Å². The fraction of sp³-hybridized carbons (Fsp3) is 0. The van der Waals surface area contributed by atoms with E-state index in [0.29, 0.717) is 22.7 Å². The third kappa shape index (κ3) is 8.75. The lowest BCUT2D eigenvalue weighted by Gasteiger charge is -2.19. The molecule has 0 bridgehead atoms. The molecule has 0 saturated carbocycles. The van der Waals surface area contributed by atoms with Crippen LogP contribution in [0.3, 0.4) is 0 Å². The highest BCUT2D eigenvalue weighted by Gasteiger charge is 2.24. The van der Waals surface area contributed by atoms with Crippen LogP contribution in [0.25, 0.3) is 179 Å². The van der Waals surface area contributed by atoms with Crippen molar-refractivity contribution in [2.45, 2.75) is 0 Å². The second-order valence-electron chi connectivity index (χ2n) is 24.3. The minimum Gasteiger partial charge on any atom is -0.311 e. The summed E-state index contributed by atoms with van der Waals surface area (Å²) in [5.41, 5.74) is 22.3. The van der Waals surface area contributed by atoms with E-state index in [4.69, 9.17) is 26.3 Å². The van der Waals surface area contributed by atoms with E-state index < -0.39 is 0 Å². The van der Waals surface area contributed by atoms with Gasteiger partial charge in [0.1, 0.15) is 0 Å². The van der Waals surface area contributed by atoms with Crippen molar-refractivity contribution in [2.75, 3.05) is 0 Å². The summed E-state index contributed by atoms with van der Waals surface area (Å²) in [7, 11) is 0. The maximum absolute atomic E-state index is 8.27. The largest absolute Gasteiger partial charge is 0.311 e. The van der Waals surface area contributed by atoms with Crippen molar-refractivity contribution in [3.05, 3.63) is 355 Å². The molecule has 97 heavy (non-hydrogen) atoms. The zero-order valence-electron chi connectivity index (χ0n) is 52.0. The summed E-state index contributed by atoms with van der Waals surface area (Å²) in [6.45, 7) is 31.4. The molecule has 0 aliphatic rings. The number of benzene rings is 14. The maximum atomic E-state index is 8.27. The first-order valence-electron chi connectivity index (χ1n) is 32.0. The Morgan fingerprint density at radius 3 is 0.938 bits per heavy atom. The molecule has 0 fully saturated rings. The second-order valence-corrected chi connectivity index (χ2v) is 24.3. The van der Waals surface area contributed by atoms with Crippen molar-refractivity contribution < 1.29 is 0 Å². The SMILES string of the molecule is [C-]#[N+]c1cc(-c2ccc(-n3c4ccccc4c4ccccc43)cc2-n2c3ccccc3c3ccccc32)cc(-n2c3ccccc3c3cc([N+]#[C-])ccc32)c1.[C-]#[N+]c1ccc(-c2ccccc2-n2c3ccccc3c3cc([N+]#[C-])ccc32)c(-n2c3ccccc3c3ccccc32)c1. The minimum absolute atomic E-state index is 0.552. The summed E-state index contributed by atoms with van der Waals surface area (Å²) in [5, 5.41) is 11.4. The van der Waals surface area contributed by atoms with Gasteiger partial charge in [-0.25, -0.2) is 19.4 Å². The van der Waals surface area contributed by atoms with Gasteiger partial charge in [0.15, 0.2) is 22.7 Å². The summed E-state index contributed by atoms with van der Waals surface area (Å²) < 4.78 is 11.6. The van der Waals surface area contributed by atoms with Crippen molar-refractivity contribution in [1.29, 1.82) is 0 Å². The van der Waals surface area contributed by atoms with Crippen molar-refractivity contribution in [3.8, 4) is 50.7 Å². The molecule has 5 heterocycles. The van der Waals surface area contributed by atoms with Crippen molar-refractivity contribution in [2.24, 2.45) is 0 Å². The van der Waals surface area contributed by atoms with E-state index in [1.54, 1.807) is 0 Å². The van der Waals surface area contributed by atoms with E-state index in [9.17, 15) is 0 Å². The monoisotopic (exact) mass is 1230 g/mol. The molecule has 0 radical (unpaired) electrons. The zero-order valence-corrected chi connectivity index (χ0v) is 52.0. The van der Waals surface area contributed by atoms with E-state index in [0.717, 1.165) is 127 Å². The average molecular weight is 1230 g/mol. The van der Waals surface area contributed by atoms with Gasteiger partial charge >= 0.3 is 0 Å². The number of hydrogen-bond acceptors (Lipinski definition) is 0. The molecule has 19 aromatic rings. The van der Waals surface area contributed by atoms with E-state index in [1.807, 2.05) is 72.8 Å². The van der Waals surface area contributed by atoms with Crippen molar-refractivity contribution >= 4 is 132 Å². The van der Waals surface area contributed by atoms with Gasteiger partial charge in [0.25, 0.3) is 0 Å². The molecule has 0 saturated heterocycles. The third-order valence-electron chi connectivity index (χ3n) is 19.2. The van der Waals surface area contributed by atoms with Crippen LogP contribution in [0.4, 0.5) is 22.7 Å². The third-order valence-corrected chi connectivity index (χ3v) is 19.2. The second kappa shape index (κ2) is 22.4. The normalized spacial score (nSPS) is 11.5. The topological polar surface area (TPSA) is 42.1 Å². The van der Waals surface area contributed by atoms with Crippen LogP contribution in [0.15, 0.2) is 309 Å². The Morgan fingerprint density at radius 2 is 0.495 bits per heavy atom. The van der Waals surface area contributed by atoms with E-state index in [1.165, 1.54) is 32.3 Å². The first-order valence-corrected chi connectivity index (χ1v) is 32.0. The summed E-state index contributed by atoms with van der Waals surface area (Å²) >= 11 is 0. The predicted molar refractivity (Wildman–Crippen MR) is 400 cm³/mol. The number of nitrogens with zero attached hydrogens (tertiary/aromatic N) is 9. The van der Waals surface area contributed by atoms with Gasteiger partial charge in [-0.2, -0.15) is 0 Å². The number of rotatable bonds is 7. The number of aromatic nitrogens is 5. The summed E-state index contributed by atoms with van der Waals surface area (Å²) in [6.07, 6.45) is 0. The summed E-state index contributed by atoms with van der Waals surface area (Å²) in [5.74, 6) is 0. The van der Waals surface area contributed by atoms with Crippen LogP contribution in [0.5, 0.6) is 0 Å². The van der Waals surface area contributed by atoms with Gasteiger partial charge in [-0.15, -0.1) is 0 Å². The standard InChI is InChI=1S/C50H29N5.C38H22N4/c1-51-33-23-26-49-43(30-33)42-17-7-10-20-46(42)54(49)36-28-32(27-34(29-36)52-2)37-25-24-35(53-44-18-8-3-13-38(44)39-14-4-9-19-45(39)53)31-50(37)55-47-21-11-5-15-40(47)41-16-6-12-22-48(41)55;1-39-25-20-22-37-32(23-25)30-14-6-10-18-36(30)41(37)33-15-7-5-13-29(33)31-21-19-26(40-2)24-38(31)42-34-16-8-3-11-27(34)28-12-4-9-17-35(28)42/h3-31H;3-24H. The Kier molecular flexibility index (Phi) is 12.9. The lowest BCUT2D eigenvalue weighted by Crippen LogP contribution is -2.02. The summed E-state index contributed by atoms with van der Waals surface area (Å²) in [4.78, 5) is 15.3. The molecular formula is C88H51N9. The van der Waals surface area contributed by atoms with Crippen LogP contribution in [0, 0.1) is 26.3 Å². The van der Waals surface area contributed by atoms with Gasteiger partial charge in [0, 0.05) is 76.8 Å². The first-order chi connectivity index (χ1) is 48.0. The highest BCUT2D eigenvalue weighted by Crippen LogP contribution is 2.46. The maximum Gasteiger partial charge on any atom is 0.189 e. The fourth-order valence-corrected chi connectivity index (χ4v) is 15.1. The highest BCUT2D eigenvalue weighted by atomic mass is 15.0. The molecule has 14 aromatic carbocycles. The van der Waals surface area contributed by atoms with Crippen LogP contribution in [-0.2, 0) is 0 Å². The fourth-order valence-electron chi connectivity index (χ4n) is 15.1. The Balaban J connectivity index is 0.000000146. The lowest BCUT2D eigenvalue weighted by molar-refractivity contribution is 1.13. The molecule has 448 valence electrons. The Morgan fingerprint density at radius 1 is 0.186 bits per heavy atom. The molecule has 0 amide bonds. The van der Waals surface area contributed by atoms with Crippen LogP contribution in [0.1, 0.15) is 0 Å². The molecule has 9 heteroatoms. The van der Waals surface area contributed by atoms with Gasteiger partial charge in [-0.1, -0.05) is 194 Å². The zero-order chi connectivity index (χ0) is 64.8. The quantitative estimate of drug-likeness (QED) is 0.143. The molecule has 9 nitrogen and oxygen atoms in total. The number of fused-ring (bicyclic) bond motifs is 15. The van der Waals surface area contributed by atoms with Crippen LogP contribution < -0.4 is 0 Å². The molecular weight excluding hydrogens is 1180 g/mol. The van der Waals surface area contributed by atoms with E-state index in [2.05, 4.69) is 279 Å². The van der Waals surface area contributed by atoms with Gasteiger partial charge in [0.2, 0.25) is 0 Å². The molecule has 5 aromatic heterocycles.